The second-order valence-corrected chi connectivity index (χ2v) is 8.23. The Balaban J connectivity index is -0.000000448. The predicted molar refractivity (Wildman–Crippen MR) is 145 cm³/mol. The van der Waals surface area contributed by atoms with Crippen molar-refractivity contribution in [3.05, 3.63) is 38.0 Å². The van der Waals surface area contributed by atoms with Gasteiger partial charge in [0.25, 0.3) is 0 Å². The highest BCUT2D eigenvalue weighted by Gasteiger charge is 2.08. The summed E-state index contributed by atoms with van der Waals surface area (Å²) in [5.41, 5.74) is 0. The third-order valence-electron chi connectivity index (χ3n) is 5.25. The van der Waals surface area contributed by atoms with Crippen molar-refractivity contribution in [3.8, 4) is 0 Å². The molecule has 0 aromatic heterocycles. The standard InChI is InChI=1S/2C11H20O2.C7H12O2/c2*1-4-7-8-10(5-2)9-13-11(12)6-3;1-3-5-6-9-7(8)4-2/h2*6,10H,3-5,7-9H2,1-2H3;4H,2-3,5-6H2,1H3. The minimum Gasteiger partial charge on any atom is -0.463 e. The van der Waals surface area contributed by atoms with E-state index >= 15 is 0 Å². The number of hydrogen-bond donors (Lipinski definition) is 0. The summed E-state index contributed by atoms with van der Waals surface area (Å²) in [5.74, 6) is 0.0843. The SMILES string of the molecule is C=CC(=O)OCC(CC)CCCC.C=CC(=O)OCC(CC)CCCC.C=CC(=O)OCCCC. The monoisotopic (exact) mass is 496 g/mol. The van der Waals surface area contributed by atoms with Gasteiger partial charge in [-0.15, -0.1) is 0 Å². The van der Waals surface area contributed by atoms with E-state index in [2.05, 4.69) is 52.2 Å². The van der Waals surface area contributed by atoms with E-state index in [1.54, 1.807) is 0 Å². The topological polar surface area (TPSA) is 78.9 Å². The summed E-state index contributed by atoms with van der Waals surface area (Å²) < 4.78 is 14.6. The first-order chi connectivity index (χ1) is 16.8. The summed E-state index contributed by atoms with van der Waals surface area (Å²) in [6.45, 7) is 22.2. The fraction of sp³-hybridized carbons (Fsp3) is 0.690. The van der Waals surface area contributed by atoms with Crippen molar-refractivity contribution in [1.29, 1.82) is 0 Å². The third kappa shape index (κ3) is 29.6. The van der Waals surface area contributed by atoms with Crippen LogP contribution in [0.5, 0.6) is 0 Å². The Bertz CT molecular complexity index is 519. The predicted octanol–water partition coefficient (Wildman–Crippen LogP) is 7.38. The molecule has 0 bridgehead atoms. The first kappa shape index (κ1) is 37.2. The molecule has 0 aromatic carbocycles. The molecule has 0 heterocycles. The fourth-order valence-electron chi connectivity index (χ4n) is 2.69. The summed E-state index contributed by atoms with van der Waals surface area (Å²) in [7, 11) is 0. The van der Waals surface area contributed by atoms with Crippen LogP contribution in [0, 0.1) is 11.8 Å². The Morgan fingerprint density at radius 2 is 0.943 bits per heavy atom. The number of rotatable bonds is 18. The second kappa shape index (κ2) is 29.7. The van der Waals surface area contributed by atoms with Crippen LogP contribution in [0.4, 0.5) is 0 Å². The summed E-state index contributed by atoms with van der Waals surface area (Å²) in [6.07, 6.45) is 14.9. The molecule has 6 nitrogen and oxygen atoms in total. The Labute approximate surface area is 215 Å². The van der Waals surface area contributed by atoms with E-state index in [0.717, 1.165) is 38.5 Å². The van der Waals surface area contributed by atoms with Gasteiger partial charge in [-0.3, -0.25) is 0 Å². The summed E-state index contributed by atoms with van der Waals surface area (Å²) >= 11 is 0. The first-order valence-electron chi connectivity index (χ1n) is 13.2. The largest absolute Gasteiger partial charge is 0.463 e. The van der Waals surface area contributed by atoms with Gasteiger partial charge in [0.2, 0.25) is 0 Å². The van der Waals surface area contributed by atoms with Crippen molar-refractivity contribution in [3.63, 3.8) is 0 Å². The van der Waals surface area contributed by atoms with Gasteiger partial charge in [0.1, 0.15) is 0 Å². The molecule has 6 heteroatoms. The third-order valence-corrected chi connectivity index (χ3v) is 5.25. The minimum absolute atomic E-state index is 0.310. The normalized spacial score (nSPS) is 11.2. The van der Waals surface area contributed by atoms with Crippen LogP contribution in [0.15, 0.2) is 38.0 Å². The number of carbonyl (C=O) groups excluding carboxylic acids is 3. The van der Waals surface area contributed by atoms with Gasteiger partial charge in [0, 0.05) is 18.2 Å². The van der Waals surface area contributed by atoms with Crippen LogP contribution in [0.3, 0.4) is 0 Å². The van der Waals surface area contributed by atoms with Crippen molar-refractivity contribution >= 4 is 17.9 Å². The zero-order chi connectivity index (χ0) is 27.3. The van der Waals surface area contributed by atoms with E-state index in [4.69, 9.17) is 9.47 Å². The van der Waals surface area contributed by atoms with Crippen molar-refractivity contribution < 1.29 is 28.6 Å². The van der Waals surface area contributed by atoms with Gasteiger partial charge in [-0.1, -0.05) is 99.3 Å². The quantitative estimate of drug-likeness (QED) is 0.0852. The lowest BCUT2D eigenvalue weighted by Crippen LogP contribution is -2.12. The smallest absolute Gasteiger partial charge is 0.330 e. The second-order valence-electron chi connectivity index (χ2n) is 8.23. The maximum absolute atomic E-state index is 10.8. The molecule has 204 valence electrons. The van der Waals surface area contributed by atoms with Crippen molar-refractivity contribution in [2.45, 2.75) is 98.8 Å². The molecule has 0 N–H and O–H groups in total. The van der Waals surface area contributed by atoms with E-state index in [1.807, 2.05) is 6.92 Å². The molecule has 0 radical (unpaired) electrons. The van der Waals surface area contributed by atoms with Gasteiger partial charge in [0.15, 0.2) is 0 Å². The molecule has 0 saturated carbocycles. The van der Waals surface area contributed by atoms with Crippen LogP contribution >= 0.6 is 0 Å². The lowest BCUT2D eigenvalue weighted by Gasteiger charge is -2.13. The molecule has 35 heavy (non-hydrogen) atoms. The highest BCUT2D eigenvalue weighted by Crippen LogP contribution is 2.13. The zero-order valence-corrected chi connectivity index (χ0v) is 23.1. The van der Waals surface area contributed by atoms with Crippen molar-refractivity contribution in [2.75, 3.05) is 19.8 Å². The van der Waals surface area contributed by atoms with Gasteiger partial charge in [-0.2, -0.15) is 0 Å². The summed E-state index contributed by atoms with van der Waals surface area (Å²) in [4.78, 5) is 31.9. The number of carbonyl (C=O) groups is 3. The molecule has 0 aliphatic carbocycles. The molecule has 0 aliphatic heterocycles. The van der Waals surface area contributed by atoms with Crippen LogP contribution in [-0.4, -0.2) is 37.7 Å². The van der Waals surface area contributed by atoms with Gasteiger partial charge in [-0.25, -0.2) is 14.4 Å². The Morgan fingerprint density at radius 1 is 0.600 bits per heavy atom. The molecular formula is C29H52O6. The highest BCUT2D eigenvalue weighted by molar-refractivity contribution is 5.81. The van der Waals surface area contributed by atoms with Crippen molar-refractivity contribution in [2.24, 2.45) is 11.8 Å². The molecule has 2 unspecified atom stereocenters. The van der Waals surface area contributed by atoms with Crippen LogP contribution in [0.1, 0.15) is 98.8 Å². The fourth-order valence-corrected chi connectivity index (χ4v) is 2.69. The number of ether oxygens (including phenoxy) is 3. The first-order valence-corrected chi connectivity index (χ1v) is 13.2. The average Bonchev–Trinajstić information content (AvgIpc) is 2.89. The van der Waals surface area contributed by atoms with Gasteiger partial charge in [0.05, 0.1) is 19.8 Å². The summed E-state index contributed by atoms with van der Waals surface area (Å²) in [5, 5.41) is 0. The van der Waals surface area contributed by atoms with E-state index in [9.17, 15) is 14.4 Å². The lowest BCUT2D eigenvalue weighted by molar-refractivity contribution is -0.140. The maximum Gasteiger partial charge on any atom is 0.330 e. The van der Waals surface area contributed by atoms with Gasteiger partial charge in [-0.05, 0) is 31.1 Å². The minimum atomic E-state index is -0.330. The Morgan fingerprint density at radius 3 is 1.23 bits per heavy atom. The zero-order valence-electron chi connectivity index (χ0n) is 23.1. The Hall–Kier alpha value is -2.37. The molecule has 0 rings (SSSR count). The van der Waals surface area contributed by atoms with Crippen LogP contribution in [0.25, 0.3) is 0 Å². The summed E-state index contributed by atoms with van der Waals surface area (Å²) in [6, 6.07) is 0. The van der Waals surface area contributed by atoms with Crippen LogP contribution < -0.4 is 0 Å². The lowest BCUT2D eigenvalue weighted by atomic mass is 10.0. The molecule has 0 spiro atoms. The molecule has 0 fully saturated rings. The Kier molecular flexibility index (Phi) is 31.5. The van der Waals surface area contributed by atoms with Crippen LogP contribution in [0.2, 0.25) is 0 Å². The number of esters is 3. The molecule has 0 amide bonds. The van der Waals surface area contributed by atoms with E-state index in [-0.39, 0.29) is 17.9 Å². The molecule has 2 atom stereocenters. The molecule has 0 aliphatic rings. The molecular weight excluding hydrogens is 444 g/mol. The van der Waals surface area contributed by atoms with Gasteiger partial charge < -0.3 is 14.2 Å². The number of hydrogen-bond acceptors (Lipinski definition) is 6. The maximum atomic E-state index is 10.8. The van der Waals surface area contributed by atoms with E-state index < -0.39 is 0 Å². The van der Waals surface area contributed by atoms with Crippen LogP contribution in [-0.2, 0) is 28.6 Å². The number of unbranched alkanes of at least 4 members (excludes halogenated alkanes) is 3. The molecule has 0 aromatic rings. The van der Waals surface area contributed by atoms with Crippen molar-refractivity contribution in [1.82, 2.24) is 0 Å². The van der Waals surface area contributed by atoms with Gasteiger partial charge >= 0.3 is 17.9 Å². The van der Waals surface area contributed by atoms with E-state index in [0.29, 0.717) is 31.7 Å². The highest BCUT2D eigenvalue weighted by atomic mass is 16.5. The van der Waals surface area contributed by atoms with E-state index in [1.165, 1.54) is 43.9 Å². The molecule has 0 saturated heterocycles. The average molecular weight is 497 g/mol.